The van der Waals surface area contributed by atoms with Crippen LogP contribution >= 0.6 is 15.9 Å². The molecule has 1 aromatic rings. The van der Waals surface area contributed by atoms with Crippen molar-refractivity contribution in [3.05, 3.63) is 34.1 Å². The van der Waals surface area contributed by atoms with E-state index in [9.17, 15) is 9.18 Å². The number of amides is 1. The van der Waals surface area contributed by atoms with E-state index in [0.29, 0.717) is 4.47 Å². The maximum Gasteiger partial charge on any atom is 0.219 e. The smallest absolute Gasteiger partial charge is 0.219 e. The topological polar surface area (TPSA) is 69.1 Å². The number of carbonyl (C=O) groups is 1. The molecule has 0 spiro atoms. The van der Waals surface area contributed by atoms with Gasteiger partial charge in [0.1, 0.15) is 5.82 Å². The van der Waals surface area contributed by atoms with Crippen molar-refractivity contribution in [2.24, 2.45) is 11.5 Å². The Morgan fingerprint density at radius 3 is 2.79 bits per heavy atom. The molecule has 14 heavy (non-hydrogen) atoms. The first-order valence-electron chi connectivity index (χ1n) is 3.99. The van der Waals surface area contributed by atoms with Crippen LogP contribution in [0.4, 0.5) is 4.39 Å². The summed E-state index contributed by atoms with van der Waals surface area (Å²) in [5.41, 5.74) is 10.9. The molecule has 0 unspecified atom stereocenters. The maximum atomic E-state index is 13.2. The SMILES string of the molecule is NC(=O)C[C@@H](N)c1cc(Br)ccc1F. The average Bonchev–Trinajstić information content (AvgIpc) is 2.08. The lowest BCUT2D eigenvalue weighted by molar-refractivity contribution is -0.118. The van der Waals surface area contributed by atoms with E-state index in [1.54, 1.807) is 12.1 Å². The van der Waals surface area contributed by atoms with E-state index < -0.39 is 17.8 Å². The number of hydrogen-bond donors (Lipinski definition) is 2. The van der Waals surface area contributed by atoms with Crippen molar-refractivity contribution >= 4 is 21.8 Å². The van der Waals surface area contributed by atoms with Crippen molar-refractivity contribution in [1.29, 1.82) is 0 Å². The number of carbonyl (C=O) groups excluding carboxylic acids is 1. The first kappa shape index (κ1) is 11.1. The summed E-state index contributed by atoms with van der Waals surface area (Å²) in [7, 11) is 0. The lowest BCUT2D eigenvalue weighted by Crippen LogP contribution is -2.21. The van der Waals surface area contributed by atoms with Crippen LogP contribution in [0.15, 0.2) is 22.7 Å². The maximum absolute atomic E-state index is 13.2. The van der Waals surface area contributed by atoms with Crippen molar-refractivity contribution in [1.82, 2.24) is 0 Å². The van der Waals surface area contributed by atoms with Gasteiger partial charge in [-0.3, -0.25) is 4.79 Å². The van der Waals surface area contributed by atoms with E-state index in [2.05, 4.69) is 15.9 Å². The average molecular weight is 261 g/mol. The Balaban J connectivity index is 2.93. The molecule has 76 valence electrons. The van der Waals surface area contributed by atoms with Gasteiger partial charge in [0.15, 0.2) is 0 Å². The molecule has 4 N–H and O–H groups in total. The molecule has 0 saturated carbocycles. The fraction of sp³-hybridized carbons (Fsp3) is 0.222. The fourth-order valence-corrected chi connectivity index (χ4v) is 1.50. The minimum absolute atomic E-state index is 0.0621. The zero-order chi connectivity index (χ0) is 10.7. The predicted molar refractivity (Wildman–Crippen MR) is 54.8 cm³/mol. The molecule has 0 fully saturated rings. The van der Waals surface area contributed by atoms with Crippen LogP contribution in [0.1, 0.15) is 18.0 Å². The molecule has 0 bridgehead atoms. The first-order chi connectivity index (χ1) is 6.50. The van der Waals surface area contributed by atoms with Crippen molar-refractivity contribution < 1.29 is 9.18 Å². The highest BCUT2D eigenvalue weighted by atomic mass is 79.9. The van der Waals surface area contributed by atoms with E-state index in [0.717, 1.165) is 0 Å². The summed E-state index contributed by atoms with van der Waals surface area (Å²) in [6, 6.07) is 3.71. The molecule has 5 heteroatoms. The molecule has 0 heterocycles. The second-order valence-corrected chi connectivity index (χ2v) is 3.86. The monoisotopic (exact) mass is 260 g/mol. The third-order valence-corrected chi connectivity index (χ3v) is 2.27. The third kappa shape index (κ3) is 2.78. The Kier molecular flexibility index (Phi) is 3.60. The molecule has 1 rings (SSSR count). The lowest BCUT2D eigenvalue weighted by atomic mass is 10.0. The summed E-state index contributed by atoms with van der Waals surface area (Å²) in [5.74, 6) is -0.973. The Bertz CT molecular complexity index is 357. The van der Waals surface area contributed by atoms with Gasteiger partial charge in [-0.1, -0.05) is 15.9 Å². The van der Waals surface area contributed by atoms with E-state index in [1.165, 1.54) is 6.07 Å². The van der Waals surface area contributed by atoms with Crippen molar-refractivity contribution in [3.8, 4) is 0 Å². The normalized spacial score (nSPS) is 12.5. The van der Waals surface area contributed by atoms with Gasteiger partial charge in [-0.05, 0) is 18.2 Å². The van der Waals surface area contributed by atoms with Crippen LogP contribution in [-0.4, -0.2) is 5.91 Å². The first-order valence-corrected chi connectivity index (χ1v) is 4.79. The Labute approximate surface area is 89.4 Å². The van der Waals surface area contributed by atoms with Crippen molar-refractivity contribution in [3.63, 3.8) is 0 Å². The van der Waals surface area contributed by atoms with Gasteiger partial charge in [0.2, 0.25) is 5.91 Å². The molecule has 1 atom stereocenters. The summed E-state index contributed by atoms with van der Waals surface area (Å²) < 4.78 is 13.9. The number of benzene rings is 1. The number of hydrogen-bond acceptors (Lipinski definition) is 2. The van der Waals surface area contributed by atoms with Crippen LogP contribution in [0.2, 0.25) is 0 Å². The minimum Gasteiger partial charge on any atom is -0.370 e. The zero-order valence-corrected chi connectivity index (χ0v) is 8.92. The lowest BCUT2D eigenvalue weighted by Gasteiger charge is -2.11. The largest absolute Gasteiger partial charge is 0.370 e. The summed E-state index contributed by atoms with van der Waals surface area (Å²) in [5, 5.41) is 0. The van der Waals surface area contributed by atoms with Gasteiger partial charge in [-0.25, -0.2) is 4.39 Å². The molecule has 0 radical (unpaired) electrons. The van der Waals surface area contributed by atoms with Crippen LogP contribution in [-0.2, 0) is 4.79 Å². The fourth-order valence-electron chi connectivity index (χ4n) is 1.13. The van der Waals surface area contributed by atoms with Gasteiger partial charge >= 0.3 is 0 Å². The highest BCUT2D eigenvalue weighted by molar-refractivity contribution is 9.10. The van der Waals surface area contributed by atoms with Crippen molar-refractivity contribution in [2.75, 3.05) is 0 Å². The zero-order valence-electron chi connectivity index (χ0n) is 7.34. The summed E-state index contributed by atoms with van der Waals surface area (Å²) in [6.07, 6.45) is -0.0621. The molecule has 0 saturated heterocycles. The quantitative estimate of drug-likeness (QED) is 0.864. The van der Waals surface area contributed by atoms with Gasteiger partial charge in [0.05, 0.1) is 0 Å². The van der Waals surface area contributed by atoms with Crippen LogP contribution < -0.4 is 11.5 Å². The molecule has 1 amide bonds. The number of primary amides is 1. The predicted octanol–water partition coefficient (Wildman–Crippen LogP) is 1.46. The molecule has 0 aromatic heterocycles. The van der Waals surface area contributed by atoms with Crippen LogP contribution in [0.3, 0.4) is 0 Å². The molecule has 3 nitrogen and oxygen atoms in total. The van der Waals surface area contributed by atoms with Crippen LogP contribution in [0, 0.1) is 5.82 Å². The molecular formula is C9H10BrFN2O. The second-order valence-electron chi connectivity index (χ2n) is 2.94. The summed E-state index contributed by atoms with van der Waals surface area (Å²) in [6.45, 7) is 0. The van der Waals surface area contributed by atoms with E-state index in [4.69, 9.17) is 11.5 Å². The molecule has 0 aliphatic carbocycles. The summed E-state index contributed by atoms with van der Waals surface area (Å²) >= 11 is 3.19. The Morgan fingerprint density at radius 1 is 1.57 bits per heavy atom. The number of rotatable bonds is 3. The van der Waals surface area contributed by atoms with E-state index >= 15 is 0 Å². The molecule has 1 aromatic carbocycles. The second kappa shape index (κ2) is 4.52. The molecule has 0 aliphatic heterocycles. The highest BCUT2D eigenvalue weighted by Crippen LogP contribution is 2.21. The Hall–Kier alpha value is -0.940. The summed E-state index contributed by atoms with van der Waals surface area (Å²) in [4.78, 5) is 10.6. The van der Waals surface area contributed by atoms with Gasteiger partial charge in [-0.2, -0.15) is 0 Å². The standard InChI is InChI=1S/C9H10BrFN2O/c10-5-1-2-7(11)6(3-5)8(12)4-9(13)14/h1-3,8H,4,12H2,(H2,13,14)/t8-/m1/s1. The highest BCUT2D eigenvalue weighted by Gasteiger charge is 2.13. The van der Waals surface area contributed by atoms with Crippen LogP contribution in [0.5, 0.6) is 0 Å². The molecular weight excluding hydrogens is 251 g/mol. The Morgan fingerprint density at radius 2 is 2.21 bits per heavy atom. The van der Waals surface area contributed by atoms with Gasteiger partial charge in [0, 0.05) is 22.5 Å². The van der Waals surface area contributed by atoms with Gasteiger partial charge in [-0.15, -0.1) is 0 Å². The van der Waals surface area contributed by atoms with E-state index in [-0.39, 0.29) is 12.0 Å². The third-order valence-electron chi connectivity index (χ3n) is 1.78. The van der Waals surface area contributed by atoms with Crippen molar-refractivity contribution in [2.45, 2.75) is 12.5 Å². The molecule has 0 aliphatic rings. The number of halogens is 2. The minimum atomic E-state index is -0.690. The van der Waals surface area contributed by atoms with E-state index in [1.807, 2.05) is 0 Å². The van der Waals surface area contributed by atoms with Gasteiger partial charge in [0.25, 0.3) is 0 Å². The van der Waals surface area contributed by atoms with Gasteiger partial charge < -0.3 is 11.5 Å². The van der Waals surface area contributed by atoms with Crippen LogP contribution in [0.25, 0.3) is 0 Å². The number of nitrogens with two attached hydrogens (primary N) is 2.